The van der Waals surface area contributed by atoms with Crippen LogP contribution in [0.25, 0.3) is 10.9 Å². The average Bonchev–Trinajstić information content (AvgIpc) is 2.86. The molecule has 0 aliphatic heterocycles. The summed E-state index contributed by atoms with van der Waals surface area (Å²) in [6.07, 6.45) is 3.73. The molecule has 1 amide bonds. The maximum atomic E-state index is 11.2. The summed E-state index contributed by atoms with van der Waals surface area (Å²) in [5.74, 6) is -0.363. The molecular weight excluding hydrogens is 354 g/mol. The van der Waals surface area contributed by atoms with E-state index in [9.17, 15) is 4.79 Å². The Balaban J connectivity index is 2.00. The molecule has 0 spiro atoms. The molecule has 1 heterocycles. The van der Waals surface area contributed by atoms with Gasteiger partial charge in [0.2, 0.25) is 5.91 Å². The van der Waals surface area contributed by atoms with Gasteiger partial charge >= 0.3 is 0 Å². The first-order valence-corrected chi connectivity index (χ1v) is 8.00. The molecule has 116 valence electrons. The first-order chi connectivity index (χ1) is 11.0. The van der Waals surface area contributed by atoms with Gasteiger partial charge in [0.1, 0.15) is 6.54 Å². The summed E-state index contributed by atoms with van der Waals surface area (Å²) >= 11 is 3.49. The van der Waals surface area contributed by atoms with Crippen molar-refractivity contribution in [2.75, 3.05) is 0 Å². The van der Waals surface area contributed by atoms with Crippen molar-refractivity contribution in [1.29, 1.82) is 0 Å². The smallest absolute Gasteiger partial charge is 0.237 e. The van der Waals surface area contributed by atoms with Crippen LogP contribution in [0.1, 0.15) is 11.1 Å². The normalized spacial score (nSPS) is 11.4. The fourth-order valence-electron chi connectivity index (χ4n) is 2.53. The summed E-state index contributed by atoms with van der Waals surface area (Å²) in [7, 11) is 0. The third-order valence-electron chi connectivity index (χ3n) is 3.64. The number of nitrogens with zero attached hydrogens (tertiary/aromatic N) is 2. The van der Waals surface area contributed by atoms with Crippen LogP contribution in [0.5, 0.6) is 0 Å². The summed E-state index contributed by atoms with van der Waals surface area (Å²) in [5.41, 5.74) is 9.28. The SMILES string of the molecule is Cc1cc(N=Cc2cn(CC(N)=O)c3ccccc23)ccc1Br. The lowest BCUT2D eigenvalue weighted by Crippen LogP contribution is -2.17. The lowest BCUT2D eigenvalue weighted by molar-refractivity contribution is -0.118. The van der Waals surface area contributed by atoms with Crippen molar-refractivity contribution in [3.8, 4) is 0 Å². The lowest BCUT2D eigenvalue weighted by atomic mass is 10.2. The van der Waals surface area contributed by atoms with Crippen LogP contribution in [0.4, 0.5) is 5.69 Å². The van der Waals surface area contributed by atoms with Gasteiger partial charge < -0.3 is 10.3 Å². The molecule has 3 aromatic rings. The summed E-state index contributed by atoms with van der Waals surface area (Å²) in [6.45, 7) is 2.19. The fraction of sp³-hybridized carbons (Fsp3) is 0.111. The minimum absolute atomic E-state index is 0.158. The van der Waals surface area contributed by atoms with Crippen LogP contribution in [0, 0.1) is 6.92 Å². The minimum atomic E-state index is -0.363. The Morgan fingerprint density at radius 3 is 2.83 bits per heavy atom. The monoisotopic (exact) mass is 369 g/mol. The second-order valence-electron chi connectivity index (χ2n) is 5.39. The zero-order valence-corrected chi connectivity index (χ0v) is 14.2. The maximum absolute atomic E-state index is 11.2. The standard InChI is InChI=1S/C18H16BrN3O/c1-12-8-14(6-7-16(12)19)21-9-13-10-22(11-18(20)23)17-5-3-2-4-15(13)17/h2-10H,11H2,1H3,(H2,20,23). The van der Waals surface area contributed by atoms with E-state index in [0.29, 0.717) is 0 Å². The molecule has 0 saturated carbocycles. The first kappa shape index (κ1) is 15.5. The molecule has 0 aliphatic carbocycles. The minimum Gasteiger partial charge on any atom is -0.368 e. The van der Waals surface area contributed by atoms with Gasteiger partial charge in [-0.05, 0) is 36.8 Å². The van der Waals surface area contributed by atoms with Gasteiger partial charge in [-0.1, -0.05) is 34.1 Å². The highest BCUT2D eigenvalue weighted by Crippen LogP contribution is 2.24. The average molecular weight is 370 g/mol. The zero-order chi connectivity index (χ0) is 16.4. The third-order valence-corrected chi connectivity index (χ3v) is 4.53. The second-order valence-corrected chi connectivity index (χ2v) is 6.24. The second kappa shape index (κ2) is 6.38. The molecule has 2 N–H and O–H groups in total. The zero-order valence-electron chi connectivity index (χ0n) is 12.7. The Bertz CT molecular complexity index is 912. The number of aryl methyl sites for hydroxylation is 1. The Kier molecular flexibility index (Phi) is 4.30. The molecule has 1 aromatic heterocycles. The van der Waals surface area contributed by atoms with E-state index < -0.39 is 0 Å². The summed E-state index contributed by atoms with van der Waals surface area (Å²) in [5, 5.41) is 1.05. The van der Waals surface area contributed by atoms with E-state index in [1.807, 2.05) is 66.4 Å². The number of fused-ring (bicyclic) bond motifs is 1. The third kappa shape index (κ3) is 3.35. The van der Waals surface area contributed by atoms with Crippen LogP contribution in [0.15, 0.2) is 58.1 Å². The number of carbonyl (C=O) groups excluding carboxylic acids is 1. The molecule has 0 fully saturated rings. The first-order valence-electron chi connectivity index (χ1n) is 7.21. The van der Waals surface area contributed by atoms with Crippen LogP contribution in [0.2, 0.25) is 0 Å². The molecule has 2 aromatic carbocycles. The molecule has 0 bridgehead atoms. The van der Waals surface area contributed by atoms with E-state index in [4.69, 9.17) is 5.73 Å². The van der Waals surface area contributed by atoms with E-state index in [-0.39, 0.29) is 12.5 Å². The quantitative estimate of drug-likeness (QED) is 0.695. The van der Waals surface area contributed by atoms with Crippen molar-refractivity contribution in [1.82, 2.24) is 4.57 Å². The number of hydrogen-bond acceptors (Lipinski definition) is 2. The van der Waals surface area contributed by atoms with Crippen LogP contribution in [-0.4, -0.2) is 16.7 Å². The van der Waals surface area contributed by atoms with E-state index >= 15 is 0 Å². The number of rotatable bonds is 4. The van der Waals surface area contributed by atoms with Gasteiger partial charge in [0.05, 0.1) is 5.69 Å². The fourth-order valence-corrected chi connectivity index (χ4v) is 2.78. The van der Waals surface area contributed by atoms with Crippen LogP contribution in [0.3, 0.4) is 0 Å². The van der Waals surface area contributed by atoms with Crippen molar-refractivity contribution in [2.24, 2.45) is 10.7 Å². The van der Waals surface area contributed by atoms with Crippen molar-refractivity contribution < 1.29 is 4.79 Å². The number of aliphatic imine (C=N–C) groups is 1. The number of hydrogen-bond donors (Lipinski definition) is 1. The van der Waals surface area contributed by atoms with Gasteiger partial charge in [-0.15, -0.1) is 0 Å². The van der Waals surface area contributed by atoms with Gasteiger partial charge in [-0.3, -0.25) is 9.79 Å². The molecular formula is C18H16BrN3O. The van der Waals surface area contributed by atoms with E-state index in [1.54, 1.807) is 0 Å². The Labute approximate surface area is 142 Å². The number of amides is 1. The number of halogens is 1. The van der Waals surface area contributed by atoms with Gasteiger partial charge in [0.25, 0.3) is 0 Å². The molecule has 0 aliphatic rings. The highest BCUT2D eigenvalue weighted by Gasteiger charge is 2.08. The van der Waals surface area contributed by atoms with Crippen molar-refractivity contribution >= 4 is 44.6 Å². The van der Waals surface area contributed by atoms with Gasteiger partial charge in [0, 0.05) is 33.4 Å². The number of nitrogens with two attached hydrogens (primary N) is 1. The Morgan fingerprint density at radius 1 is 1.30 bits per heavy atom. The Morgan fingerprint density at radius 2 is 2.09 bits per heavy atom. The number of benzene rings is 2. The number of para-hydroxylation sites is 1. The predicted octanol–water partition coefficient (Wildman–Crippen LogP) is 3.95. The molecule has 3 rings (SSSR count). The lowest BCUT2D eigenvalue weighted by Gasteiger charge is -2.00. The molecule has 23 heavy (non-hydrogen) atoms. The molecule has 4 nitrogen and oxygen atoms in total. The molecule has 0 saturated heterocycles. The topological polar surface area (TPSA) is 60.4 Å². The van der Waals surface area contributed by atoms with Gasteiger partial charge in [-0.25, -0.2) is 0 Å². The summed E-state index contributed by atoms with van der Waals surface area (Å²) in [6, 6.07) is 13.9. The molecule has 0 radical (unpaired) electrons. The molecule has 5 heteroatoms. The van der Waals surface area contributed by atoms with Gasteiger partial charge in [-0.2, -0.15) is 0 Å². The number of carbonyl (C=O) groups is 1. The number of aromatic nitrogens is 1. The van der Waals surface area contributed by atoms with Gasteiger partial charge in [0.15, 0.2) is 0 Å². The summed E-state index contributed by atoms with van der Waals surface area (Å²) in [4.78, 5) is 15.8. The van der Waals surface area contributed by atoms with Crippen molar-refractivity contribution in [3.63, 3.8) is 0 Å². The van der Waals surface area contributed by atoms with E-state index in [1.165, 1.54) is 0 Å². The Hall–Kier alpha value is -2.40. The van der Waals surface area contributed by atoms with Crippen molar-refractivity contribution in [2.45, 2.75) is 13.5 Å². The van der Waals surface area contributed by atoms with Crippen LogP contribution in [-0.2, 0) is 11.3 Å². The summed E-state index contributed by atoms with van der Waals surface area (Å²) < 4.78 is 2.92. The molecule has 0 atom stereocenters. The van der Waals surface area contributed by atoms with Crippen molar-refractivity contribution in [3.05, 3.63) is 64.3 Å². The number of primary amides is 1. The van der Waals surface area contributed by atoms with E-state index in [0.717, 1.165) is 32.2 Å². The predicted molar refractivity (Wildman–Crippen MR) is 97.3 cm³/mol. The van der Waals surface area contributed by atoms with Crippen LogP contribution >= 0.6 is 15.9 Å². The molecule has 0 unspecified atom stereocenters. The largest absolute Gasteiger partial charge is 0.368 e. The highest BCUT2D eigenvalue weighted by atomic mass is 79.9. The highest BCUT2D eigenvalue weighted by molar-refractivity contribution is 9.10. The van der Waals surface area contributed by atoms with Crippen LogP contribution < -0.4 is 5.73 Å². The maximum Gasteiger partial charge on any atom is 0.237 e. The van der Waals surface area contributed by atoms with E-state index in [2.05, 4.69) is 20.9 Å².